The Labute approximate surface area is 175 Å². The molecule has 2 amide bonds. The maximum Gasteiger partial charge on any atom is 0.313 e. The number of nitrogens with zero attached hydrogens (tertiary/aromatic N) is 3. The zero-order valence-electron chi connectivity index (χ0n) is 16.7. The highest BCUT2D eigenvalue weighted by atomic mass is 19.1. The summed E-state index contributed by atoms with van der Waals surface area (Å²) < 4.78 is 19.4. The number of hydrogen-bond acceptors (Lipinski definition) is 5. The van der Waals surface area contributed by atoms with E-state index < -0.39 is 11.8 Å². The fraction of sp³-hybridized carbons (Fsp3) is 0.364. The molecule has 4 rings (SSSR count). The third-order valence-corrected chi connectivity index (χ3v) is 5.46. The highest BCUT2D eigenvalue weighted by Crippen LogP contribution is 2.26. The lowest BCUT2D eigenvalue weighted by molar-refractivity contribution is -0.143. The Bertz CT molecular complexity index is 909. The van der Waals surface area contributed by atoms with Gasteiger partial charge in [0.1, 0.15) is 5.82 Å². The van der Waals surface area contributed by atoms with Gasteiger partial charge in [-0.25, -0.2) is 4.39 Å². The Balaban J connectivity index is 1.37. The van der Waals surface area contributed by atoms with E-state index in [4.69, 9.17) is 4.74 Å². The van der Waals surface area contributed by atoms with Crippen molar-refractivity contribution >= 4 is 28.9 Å². The number of morpholine rings is 1. The van der Waals surface area contributed by atoms with Crippen LogP contribution in [0.1, 0.15) is 0 Å². The van der Waals surface area contributed by atoms with Gasteiger partial charge in [0, 0.05) is 39.3 Å². The van der Waals surface area contributed by atoms with Gasteiger partial charge in [0.25, 0.3) is 0 Å². The number of rotatable bonds is 3. The summed E-state index contributed by atoms with van der Waals surface area (Å²) >= 11 is 0. The molecule has 2 aromatic carbocycles. The monoisotopic (exact) mass is 412 g/mol. The van der Waals surface area contributed by atoms with Gasteiger partial charge < -0.3 is 24.8 Å². The second-order valence-electron chi connectivity index (χ2n) is 7.30. The normalized spacial score (nSPS) is 17.0. The van der Waals surface area contributed by atoms with E-state index in [-0.39, 0.29) is 5.82 Å². The average Bonchev–Trinajstić information content (AvgIpc) is 2.80. The molecule has 2 fully saturated rings. The van der Waals surface area contributed by atoms with Crippen LogP contribution in [0.4, 0.5) is 21.5 Å². The highest BCUT2D eigenvalue weighted by molar-refractivity contribution is 6.39. The number of amides is 2. The number of para-hydroxylation sites is 3. The van der Waals surface area contributed by atoms with Crippen molar-refractivity contribution < 1.29 is 18.7 Å². The topological polar surface area (TPSA) is 65.1 Å². The molecule has 0 aliphatic carbocycles. The Morgan fingerprint density at radius 2 is 1.40 bits per heavy atom. The lowest BCUT2D eigenvalue weighted by Gasteiger charge is -2.36. The number of halogens is 1. The Morgan fingerprint density at radius 3 is 2.10 bits per heavy atom. The summed E-state index contributed by atoms with van der Waals surface area (Å²) in [7, 11) is 0. The van der Waals surface area contributed by atoms with Gasteiger partial charge in [-0.2, -0.15) is 0 Å². The smallest absolute Gasteiger partial charge is 0.313 e. The molecule has 0 atom stereocenters. The van der Waals surface area contributed by atoms with Crippen molar-refractivity contribution in [3.63, 3.8) is 0 Å². The zero-order valence-corrected chi connectivity index (χ0v) is 16.7. The second kappa shape index (κ2) is 9.13. The van der Waals surface area contributed by atoms with Crippen LogP contribution in [0.15, 0.2) is 48.5 Å². The van der Waals surface area contributed by atoms with Crippen LogP contribution in [0.3, 0.4) is 0 Å². The first-order chi connectivity index (χ1) is 14.6. The average molecular weight is 412 g/mol. The summed E-state index contributed by atoms with van der Waals surface area (Å²) in [6.07, 6.45) is 0. The molecule has 1 N–H and O–H groups in total. The van der Waals surface area contributed by atoms with E-state index in [1.807, 2.05) is 23.1 Å². The molecule has 0 unspecified atom stereocenters. The van der Waals surface area contributed by atoms with Crippen LogP contribution in [-0.4, -0.2) is 69.2 Å². The Morgan fingerprint density at radius 1 is 0.800 bits per heavy atom. The molecule has 0 bridgehead atoms. The van der Waals surface area contributed by atoms with Gasteiger partial charge in [-0.15, -0.1) is 0 Å². The van der Waals surface area contributed by atoms with E-state index >= 15 is 0 Å². The van der Waals surface area contributed by atoms with Crippen LogP contribution in [-0.2, 0) is 14.3 Å². The predicted molar refractivity (Wildman–Crippen MR) is 113 cm³/mol. The molecule has 158 valence electrons. The zero-order chi connectivity index (χ0) is 20.9. The molecule has 30 heavy (non-hydrogen) atoms. The quantitative estimate of drug-likeness (QED) is 0.781. The molecule has 2 saturated heterocycles. The molecule has 0 saturated carbocycles. The predicted octanol–water partition coefficient (Wildman–Crippen LogP) is 1.95. The van der Waals surface area contributed by atoms with Crippen LogP contribution in [0.2, 0.25) is 0 Å². The van der Waals surface area contributed by atoms with Crippen molar-refractivity contribution in [1.82, 2.24) is 4.90 Å². The van der Waals surface area contributed by atoms with E-state index in [1.165, 1.54) is 11.0 Å². The minimum atomic E-state index is -0.657. The molecule has 2 aromatic rings. The van der Waals surface area contributed by atoms with E-state index in [9.17, 15) is 14.0 Å². The molecular formula is C22H25FN4O3. The van der Waals surface area contributed by atoms with Crippen molar-refractivity contribution in [2.75, 3.05) is 67.6 Å². The minimum absolute atomic E-state index is 0.283. The van der Waals surface area contributed by atoms with Crippen molar-refractivity contribution in [3.8, 4) is 0 Å². The molecule has 0 spiro atoms. The van der Waals surface area contributed by atoms with Crippen LogP contribution >= 0.6 is 0 Å². The van der Waals surface area contributed by atoms with Crippen molar-refractivity contribution in [2.45, 2.75) is 0 Å². The highest BCUT2D eigenvalue weighted by Gasteiger charge is 2.27. The molecule has 2 aliphatic rings. The van der Waals surface area contributed by atoms with Gasteiger partial charge in [-0.3, -0.25) is 9.59 Å². The number of hydrogen-bond donors (Lipinski definition) is 1. The molecule has 7 nitrogen and oxygen atoms in total. The number of carbonyl (C=O) groups is 2. The number of nitrogens with one attached hydrogen (secondary N) is 1. The summed E-state index contributed by atoms with van der Waals surface area (Å²) in [5.41, 5.74) is 2.02. The maximum absolute atomic E-state index is 14.0. The minimum Gasteiger partial charge on any atom is -0.378 e. The number of piperazine rings is 1. The fourth-order valence-corrected chi connectivity index (χ4v) is 3.84. The van der Waals surface area contributed by atoms with Gasteiger partial charge in [0.2, 0.25) is 0 Å². The molecule has 2 aliphatic heterocycles. The van der Waals surface area contributed by atoms with E-state index in [2.05, 4.69) is 10.2 Å². The Kier molecular flexibility index (Phi) is 6.13. The molecule has 8 heteroatoms. The Hall–Kier alpha value is -3.13. The van der Waals surface area contributed by atoms with Gasteiger partial charge >= 0.3 is 11.8 Å². The van der Waals surface area contributed by atoms with Crippen LogP contribution in [0, 0.1) is 5.82 Å². The summed E-state index contributed by atoms with van der Waals surface area (Å²) in [5.74, 6) is -1.51. The standard InChI is InChI=1S/C22H25FN4O3/c23-17-5-1-3-7-19(17)25-9-11-27(12-10-25)22(29)21(28)24-18-6-2-4-8-20(18)26-13-15-30-16-14-26/h1-8H,9-16H2,(H,24,28). The maximum atomic E-state index is 14.0. The second-order valence-corrected chi connectivity index (χ2v) is 7.30. The van der Waals surface area contributed by atoms with E-state index in [1.54, 1.807) is 24.3 Å². The van der Waals surface area contributed by atoms with Gasteiger partial charge in [-0.1, -0.05) is 24.3 Å². The summed E-state index contributed by atoms with van der Waals surface area (Å²) in [6.45, 7) is 4.42. The van der Waals surface area contributed by atoms with E-state index in [0.717, 1.165) is 18.8 Å². The number of ether oxygens (including phenoxy) is 1. The number of anilines is 3. The third-order valence-electron chi connectivity index (χ3n) is 5.46. The van der Waals surface area contributed by atoms with Crippen LogP contribution < -0.4 is 15.1 Å². The summed E-state index contributed by atoms with van der Waals surface area (Å²) in [6, 6.07) is 14.0. The molecule has 0 radical (unpaired) electrons. The van der Waals surface area contributed by atoms with Crippen LogP contribution in [0.25, 0.3) is 0 Å². The van der Waals surface area contributed by atoms with Gasteiger partial charge in [0.05, 0.1) is 30.3 Å². The van der Waals surface area contributed by atoms with Gasteiger partial charge in [-0.05, 0) is 24.3 Å². The lowest BCUT2D eigenvalue weighted by Crippen LogP contribution is -2.51. The van der Waals surface area contributed by atoms with Crippen molar-refractivity contribution in [3.05, 3.63) is 54.3 Å². The SMILES string of the molecule is O=C(Nc1ccccc1N1CCOCC1)C(=O)N1CCN(c2ccccc2F)CC1. The largest absolute Gasteiger partial charge is 0.378 e. The first-order valence-corrected chi connectivity index (χ1v) is 10.1. The first kappa shape index (κ1) is 20.2. The fourth-order valence-electron chi connectivity index (χ4n) is 3.84. The summed E-state index contributed by atoms with van der Waals surface area (Å²) in [5, 5.41) is 2.77. The number of carbonyl (C=O) groups excluding carboxylic acids is 2. The third kappa shape index (κ3) is 4.38. The lowest BCUT2D eigenvalue weighted by atomic mass is 10.2. The molecule has 0 aromatic heterocycles. The molecule has 2 heterocycles. The molecular weight excluding hydrogens is 387 g/mol. The van der Waals surface area contributed by atoms with E-state index in [0.29, 0.717) is 50.8 Å². The van der Waals surface area contributed by atoms with Crippen LogP contribution in [0.5, 0.6) is 0 Å². The first-order valence-electron chi connectivity index (χ1n) is 10.1. The van der Waals surface area contributed by atoms with Gasteiger partial charge in [0.15, 0.2) is 0 Å². The summed E-state index contributed by atoms with van der Waals surface area (Å²) in [4.78, 5) is 30.9. The van der Waals surface area contributed by atoms with Crippen molar-refractivity contribution in [1.29, 1.82) is 0 Å². The van der Waals surface area contributed by atoms with Crippen molar-refractivity contribution in [2.24, 2.45) is 0 Å². The number of benzene rings is 2.